The van der Waals surface area contributed by atoms with Gasteiger partial charge in [-0.05, 0) is 41.8 Å². The van der Waals surface area contributed by atoms with Crippen LogP contribution in [0.1, 0.15) is 44.7 Å². The van der Waals surface area contributed by atoms with Crippen molar-refractivity contribution in [2.24, 2.45) is 5.92 Å². The average Bonchev–Trinajstić information content (AvgIpc) is 2.25. The average molecular weight is 234 g/mol. The van der Waals surface area contributed by atoms with Crippen LogP contribution < -0.4 is 5.46 Å². The van der Waals surface area contributed by atoms with E-state index in [9.17, 15) is 10.0 Å². The molecule has 0 heterocycles. The predicted molar refractivity (Wildman–Crippen MR) is 73.4 cm³/mol. The van der Waals surface area contributed by atoms with Crippen LogP contribution in [0.2, 0.25) is 0 Å². The number of hydrogen-bond donors (Lipinski definition) is 2. The van der Waals surface area contributed by atoms with Gasteiger partial charge in [-0.2, -0.15) is 0 Å². The van der Waals surface area contributed by atoms with Crippen molar-refractivity contribution in [2.75, 3.05) is 0 Å². The van der Waals surface area contributed by atoms with E-state index >= 15 is 0 Å². The molecule has 0 aliphatic heterocycles. The van der Waals surface area contributed by atoms with Crippen molar-refractivity contribution < 1.29 is 10.0 Å². The summed E-state index contributed by atoms with van der Waals surface area (Å²) in [6, 6.07) is 5.99. The molecular weight excluding hydrogens is 211 g/mol. The Morgan fingerprint density at radius 1 is 1.24 bits per heavy atom. The zero-order valence-electron chi connectivity index (χ0n) is 11.1. The van der Waals surface area contributed by atoms with E-state index < -0.39 is 7.12 Å². The highest BCUT2D eigenvalue weighted by atomic mass is 16.4. The first-order valence-corrected chi connectivity index (χ1v) is 6.52. The second kappa shape index (κ2) is 6.82. The molecule has 0 saturated carbocycles. The molecular formula is C14H23BO2. The van der Waals surface area contributed by atoms with Crippen LogP contribution in [0.25, 0.3) is 0 Å². The van der Waals surface area contributed by atoms with E-state index in [2.05, 4.69) is 26.8 Å². The van der Waals surface area contributed by atoms with E-state index in [1.807, 2.05) is 12.1 Å². The molecule has 1 aromatic carbocycles. The van der Waals surface area contributed by atoms with E-state index in [1.165, 1.54) is 5.56 Å². The summed E-state index contributed by atoms with van der Waals surface area (Å²) in [6.45, 7) is 6.54. The zero-order chi connectivity index (χ0) is 12.8. The maximum absolute atomic E-state index is 9.33. The van der Waals surface area contributed by atoms with Crippen molar-refractivity contribution in [3.63, 3.8) is 0 Å². The lowest BCUT2D eigenvalue weighted by molar-refractivity contribution is 0.425. The van der Waals surface area contributed by atoms with Gasteiger partial charge in [0.1, 0.15) is 0 Å². The Hall–Kier alpha value is -0.795. The highest BCUT2D eigenvalue weighted by Gasteiger charge is 2.16. The molecule has 1 rings (SSSR count). The molecule has 0 radical (unpaired) electrons. The minimum atomic E-state index is -1.35. The fourth-order valence-electron chi connectivity index (χ4n) is 2.09. The van der Waals surface area contributed by atoms with E-state index in [1.54, 1.807) is 0 Å². The summed E-state index contributed by atoms with van der Waals surface area (Å²) < 4.78 is 0. The topological polar surface area (TPSA) is 40.5 Å². The Morgan fingerprint density at radius 3 is 2.47 bits per heavy atom. The second-order valence-electron chi connectivity index (χ2n) is 5.11. The van der Waals surface area contributed by atoms with Crippen LogP contribution >= 0.6 is 0 Å². The maximum atomic E-state index is 9.33. The van der Waals surface area contributed by atoms with Gasteiger partial charge in [-0.25, -0.2) is 0 Å². The van der Waals surface area contributed by atoms with E-state index in [4.69, 9.17) is 0 Å². The lowest BCUT2D eigenvalue weighted by atomic mass is 9.75. The van der Waals surface area contributed by atoms with Crippen molar-refractivity contribution in [1.82, 2.24) is 0 Å². The Kier molecular flexibility index (Phi) is 5.73. The Labute approximate surface area is 105 Å². The molecule has 2 nitrogen and oxygen atoms in total. The first kappa shape index (κ1) is 14.3. The number of unbranched alkanes of at least 4 members (excludes halogenated alkanes) is 1. The molecule has 0 unspecified atom stereocenters. The van der Waals surface area contributed by atoms with Gasteiger partial charge in [-0.15, -0.1) is 0 Å². The van der Waals surface area contributed by atoms with Crippen molar-refractivity contribution in [1.29, 1.82) is 0 Å². The van der Waals surface area contributed by atoms with E-state index in [0.29, 0.717) is 11.4 Å². The summed E-state index contributed by atoms with van der Waals surface area (Å²) in [5.74, 6) is 0.624. The van der Waals surface area contributed by atoms with Gasteiger partial charge in [0.25, 0.3) is 0 Å². The quantitative estimate of drug-likeness (QED) is 0.738. The number of rotatable bonds is 6. The standard InChI is InChI=1S/C14H23BO2/c1-4-5-6-13-10-12(9-11(2)3)7-8-14(13)15(16)17/h7-8,10-11,16-17H,4-6,9H2,1-3H3. The molecule has 0 bridgehead atoms. The Bertz CT molecular complexity index is 348. The fourth-order valence-corrected chi connectivity index (χ4v) is 2.09. The molecule has 2 N–H and O–H groups in total. The van der Waals surface area contributed by atoms with Crippen LogP contribution in [0, 0.1) is 5.92 Å². The van der Waals surface area contributed by atoms with Crippen LogP contribution in [0.15, 0.2) is 18.2 Å². The van der Waals surface area contributed by atoms with Crippen LogP contribution in [0.3, 0.4) is 0 Å². The summed E-state index contributed by atoms with van der Waals surface area (Å²) in [6.07, 6.45) is 4.18. The summed E-state index contributed by atoms with van der Waals surface area (Å²) in [4.78, 5) is 0. The number of benzene rings is 1. The van der Waals surface area contributed by atoms with Gasteiger partial charge in [0.2, 0.25) is 0 Å². The summed E-state index contributed by atoms with van der Waals surface area (Å²) in [5.41, 5.74) is 3.03. The third kappa shape index (κ3) is 4.53. The number of hydrogen-bond acceptors (Lipinski definition) is 2. The van der Waals surface area contributed by atoms with Crippen molar-refractivity contribution in [3.8, 4) is 0 Å². The maximum Gasteiger partial charge on any atom is 0.488 e. The van der Waals surface area contributed by atoms with Crippen LogP contribution in [-0.2, 0) is 12.8 Å². The second-order valence-corrected chi connectivity index (χ2v) is 5.11. The van der Waals surface area contributed by atoms with Crippen LogP contribution in [-0.4, -0.2) is 17.2 Å². The SMILES string of the molecule is CCCCc1cc(CC(C)C)ccc1B(O)O. The molecule has 3 heteroatoms. The summed E-state index contributed by atoms with van der Waals surface area (Å²) in [7, 11) is -1.35. The largest absolute Gasteiger partial charge is 0.488 e. The van der Waals surface area contributed by atoms with Crippen LogP contribution in [0.4, 0.5) is 0 Å². The third-order valence-electron chi connectivity index (χ3n) is 2.93. The summed E-state index contributed by atoms with van der Waals surface area (Å²) in [5, 5.41) is 18.7. The third-order valence-corrected chi connectivity index (χ3v) is 2.93. The normalized spacial score (nSPS) is 10.9. The van der Waals surface area contributed by atoms with Gasteiger partial charge in [0, 0.05) is 0 Å². The molecule has 17 heavy (non-hydrogen) atoms. The van der Waals surface area contributed by atoms with Crippen molar-refractivity contribution >= 4 is 12.6 Å². The fraction of sp³-hybridized carbons (Fsp3) is 0.571. The Morgan fingerprint density at radius 2 is 1.94 bits per heavy atom. The molecule has 0 fully saturated rings. The zero-order valence-corrected chi connectivity index (χ0v) is 11.1. The van der Waals surface area contributed by atoms with Gasteiger partial charge in [0.05, 0.1) is 0 Å². The lowest BCUT2D eigenvalue weighted by Crippen LogP contribution is -2.33. The molecule has 0 spiro atoms. The van der Waals surface area contributed by atoms with Gasteiger partial charge in [-0.3, -0.25) is 0 Å². The minimum absolute atomic E-state index is 0.624. The molecule has 94 valence electrons. The molecule has 0 aliphatic rings. The van der Waals surface area contributed by atoms with Crippen LogP contribution in [0.5, 0.6) is 0 Å². The molecule has 1 aromatic rings. The first-order chi connectivity index (χ1) is 8.04. The molecule has 0 saturated heterocycles. The smallest absolute Gasteiger partial charge is 0.423 e. The van der Waals surface area contributed by atoms with Gasteiger partial charge in [-0.1, -0.05) is 45.4 Å². The van der Waals surface area contributed by atoms with Gasteiger partial charge >= 0.3 is 7.12 Å². The first-order valence-electron chi connectivity index (χ1n) is 6.52. The lowest BCUT2D eigenvalue weighted by Gasteiger charge is -2.12. The van der Waals surface area contributed by atoms with Crippen molar-refractivity contribution in [3.05, 3.63) is 29.3 Å². The predicted octanol–water partition coefficient (Wildman–Crippen LogP) is 1.91. The van der Waals surface area contributed by atoms with E-state index in [0.717, 1.165) is 31.2 Å². The highest BCUT2D eigenvalue weighted by Crippen LogP contribution is 2.11. The Balaban J connectivity index is 2.92. The van der Waals surface area contributed by atoms with Gasteiger partial charge < -0.3 is 10.0 Å². The highest BCUT2D eigenvalue weighted by molar-refractivity contribution is 6.59. The van der Waals surface area contributed by atoms with E-state index in [-0.39, 0.29) is 0 Å². The summed E-state index contributed by atoms with van der Waals surface area (Å²) >= 11 is 0. The molecule has 0 aromatic heterocycles. The molecule has 0 aliphatic carbocycles. The molecule has 0 amide bonds. The van der Waals surface area contributed by atoms with Gasteiger partial charge in [0.15, 0.2) is 0 Å². The molecule has 0 atom stereocenters. The monoisotopic (exact) mass is 234 g/mol. The number of aryl methyl sites for hydroxylation is 1. The van der Waals surface area contributed by atoms with Crippen molar-refractivity contribution in [2.45, 2.75) is 46.5 Å². The minimum Gasteiger partial charge on any atom is -0.423 e.